The first-order chi connectivity index (χ1) is 10.1. The minimum Gasteiger partial charge on any atom is -0.326 e. The third-order valence-electron chi connectivity index (χ3n) is 4.42. The second-order valence-electron chi connectivity index (χ2n) is 5.73. The van der Waals surface area contributed by atoms with Crippen LogP contribution in [0.15, 0.2) is 18.2 Å². The van der Waals surface area contributed by atoms with Crippen LogP contribution in [0.5, 0.6) is 0 Å². The summed E-state index contributed by atoms with van der Waals surface area (Å²) in [6, 6.07) is 3.88. The zero-order chi connectivity index (χ0) is 15.0. The van der Waals surface area contributed by atoms with E-state index in [2.05, 4.69) is 5.32 Å². The lowest BCUT2D eigenvalue weighted by Crippen LogP contribution is -2.44. The van der Waals surface area contributed by atoms with Gasteiger partial charge >= 0.3 is 6.03 Å². The van der Waals surface area contributed by atoms with Crippen LogP contribution in [0.3, 0.4) is 0 Å². The number of carbonyl (C=O) groups excluding carboxylic acids is 2. The van der Waals surface area contributed by atoms with Gasteiger partial charge in [-0.05, 0) is 36.1 Å². The number of nitrogens with one attached hydrogen (secondary N) is 1. The molecule has 0 unspecified atom stereocenters. The maximum atomic E-state index is 13.2. The van der Waals surface area contributed by atoms with Crippen molar-refractivity contribution in [1.82, 2.24) is 10.2 Å². The molecule has 1 saturated carbocycles. The number of imide groups is 1. The Labute approximate surface area is 122 Å². The zero-order valence-corrected chi connectivity index (χ0v) is 11.7. The minimum atomic E-state index is -0.708. The van der Waals surface area contributed by atoms with E-state index in [4.69, 9.17) is 5.73 Å². The summed E-state index contributed by atoms with van der Waals surface area (Å²) in [6.45, 7) is 0.307. The maximum absolute atomic E-state index is 13.2. The highest BCUT2D eigenvalue weighted by Crippen LogP contribution is 2.35. The van der Waals surface area contributed by atoms with Crippen LogP contribution in [0, 0.1) is 5.82 Å². The molecule has 3 rings (SSSR count). The fourth-order valence-corrected chi connectivity index (χ4v) is 3.25. The zero-order valence-electron chi connectivity index (χ0n) is 11.7. The number of amides is 3. The van der Waals surface area contributed by atoms with Gasteiger partial charge in [0.05, 0.1) is 6.54 Å². The van der Waals surface area contributed by atoms with E-state index in [9.17, 15) is 14.0 Å². The van der Waals surface area contributed by atoms with Crippen LogP contribution in [0.2, 0.25) is 0 Å². The van der Waals surface area contributed by atoms with Gasteiger partial charge in [0.15, 0.2) is 0 Å². The van der Waals surface area contributed by atoms with Crippen molar-refractivity contribution in [2.45, 2.75) is 44.3 Å². The van der Waals surface area contributed by atoms with E-state index in [1.165, 1.54) is 17.0 Å². The lowest BCUT2D eigenvalue weighted by atomic mass is 9.97. The molecular weight excluding hydrogens is 273 g/mol. The third-order valence-corrected chi connectivity index (χ3v) is 4.42. The van der Waals surface area contributed by atoms with Crippen LogP contribution < -0.4 is 11.1 Å². The molecule has 2 aliphatic rings. The predicted octanol–water partition coefficient (Wildman–Crippen LogP) is 1.65. The van der Waals surface area contributed by atoms with Gasteiger partial charge in [0.2, 0.25) is 0 Å². The van der Waals surface area contributed by atoms with Gasteiger partial charge in [-0.25, -0.2) is 9.18 Å². The molecule has 1 aliphatic carbocycles. The van der Waals surface area contributed by atoms with Gasteiger partial charge in [-0.15, -0.1) is 0 Å². The molecule has 1 aliphatic heterocycles. The van der Waals surface area contributed by atoms with Crippen molar-refractivity contribution in [3.63, 3.8) is 0 Å². The van der Waals surface area contributed by atoms with Crippen molar-refractivity contribution < 1.29 is 14.0 Å². The Hall–Kier alpha value is -1.95. The summed E-state index contributed by atoms with van der Waals surface area (Å²) in [6.07, 6.45) is 3.29. The van der Waals surface area contributed by atoms with Gasteiger partial charge in [-0.1, -0.05) is 18.9 Å². The largest absolute Gasteiger partial charge is 0.326 e. The molecule has 1 heterocycles. The Kier molecular flexibility index (Phi) is 3.41. The fraction of sp³-hybridized carbons (Fsp3) is 0.467. The number of hydrogen-bond acceptors (Lipinski definition) is 3. The Morgan fingerprint density at radius 3 is 2.62 bits per heavy atom. The lowest BCUT2D eigenvalue weighted by Gasteiger charge is -2.20. The van der Waals surface area contributed by atoms with Crippen LogP contribution >= 0.6 is 0 Å². The molecule has 1 aromatic rings. The molecule has 3 N–H and O–H groups in total. The van der Waals surface area contributed by atoms with E-state index in [0.29, 0.717) is 24.0 Å². The molecule has 6 heteroatoms. The first-order valence-electron chi connectivity index (χ1n) is 7.17. The number of urea groups is 1. The summed E-state index contributed by atoms with van der Waals surface area (Å²) < 4.78 is 13.2. The summed E-state index contributed by atoms with van der Waals surface area (Å²) >= 11 is 0. The van der Waals surface area contributed by atoms with E-state index in [1.54, 1.807) is 6.07 Å². The van der Waals surface area contributed by atoms with Crippen LogP contribution in [-0.2, 0) is 17.9 Å². The van der Waals surface area contributed by atoms with Crippen LogP contribution in [0.25, 0.3) is 0 Å². The smallest absolute Gasteiger partial charge is 0.325 e. The summed E-state index contributed by atoms with van der Waals surface area (Å²) in [5.41, 5.74) is 6.22. The van der Waals surface area contributed by atoms with Gasteiger partial charge in [0.1, 0.15) is 11.4 Å². The van der Waals surface area contributed by atoms with E-state index in [0.717, 1.165) is 12.8 Å². The number of nitrogens with zero attached hydrogens (tertiary/aromatic N) is 1. The maximum Gasteiger partial charge on any atom is 0.325 e. The number of benzene rings is 1. The second kappa shape index (κ2) is 5.11. The number of rotatable bonds is 3. The average molecular weight is 291 g/mol. The van der Waals surface area contributed by atoms with Crippen LogP contribution in [0.4, 0.5) is 9.18 Å². The molecular formula is C15H18FN3O2. The van der Waals surface area contributed by atoms with E-state index >= 15 is 0 Å². The Bertz CT molecular complexity index is 597. The van der Waals surface area contributed by atoms with E-state index in [1.807, 2.05) is 0 Å². The van der Waals surface area contributed by atoms with Crippen molar-refractivity contribution in [3.05, 3.63) is 35.1 Å². The molecule has 1 aromatic carbocycles. The summed E-state index contributed by atoms with van der Waals surface area (Å²) in [5, 5.41) is 2.83. The third kappa shape index (κ3) is 2.29. The molecule has 2 fully saturated rings. The van der Waals surface area contributed by atoms with Gasteiger partial charge in [0.25, 0.3) is 5.91 Å². The quantitative estimate of drug-likeness (QED) is 0.831. The Balaban J connectivity index is 1.85. The van der Waals surface area contributed by atoms with Crippen molar-refractivity contribution in [2.24, 2.45) is 5.73 Å². The number of carbonyl (C=O) groups is 2. The van der Waals surface area contributed by atoms with Crippen LogP contribution in [0.1, 0.15) is 36.8 Å². The summed E-state index contributed by atoms with van der Waals surface area (Å²) in [5.74, 6) is -0.541. The first-order valence-corrected chi connectivity index (χ1v) is 7.17. The Morgan fingerprint density at radius 1 is 1.24 bits per heavy atom. The highest BCUT2D eigenvalue weighted by atomic mass is 19.1. The molecule has 1 saturated heterocycles. The van der Waals surface area contributed by atoms with Crippen molar-refractivity contribution in [1.29, 1.82) is 0 Å². The highest BCUT2D eigenvalue weighted by Gasteiger charge is 2.52. The molecule has 0 aromatic heterocycles. The van der Waals surface area contributed by atoms with E-state index < -0.39 is 5.54 Å². The molecule has 1 spiro atoms. The first kappa shape index (κ1) is 14.0. The topological polar surface area (TPSA) is 75.4 Å². The van der Waals surface area contributed by atoms with Gasteiger partial charge < -0.3 is 11.1 Å². The predicted molar refractivity (Wildman–Crippen MR) is 74.6 cm³/mol. The Morgan fingerprint density at radius 2 is 1.95 bits per heavy atom. The average Bonchev–Trinajstić information content (AvgIpc) is 3.02. The minimum absolute atomic E-state index is 0.138. The molecule has 5 nitrogen and oxygen atoms in total. The van der Waals surface area contributed by atoms with Gasteiger partial charge in [-0.3, -0.25) is 9.69 Å². The van der Waals surface area contributed by atoms with Crippen molar-refractivity contribution >= 4 is 11.9 Å². The van der Waals surface area contributed by atoms with Gasteiger partial charge in [0, 0.05) is 6.54 Å². The fourth-order valence-electron chi connectivity index (χ4n) is 3.25. The SMILES string of the molecule is NCc1cc(F)ccc1CN1C(=O)NC2(CCCC2)C1=O. The van der Waals surface area contributed by atoms with E-state index in [-0.39, 0.29) is 30.8 Å². The molecule has 0 radical (unpaired) electrons. The molecule has 3 amide bonds. The standard InChI is InChI=1S/C15H18FN3O2/c16-12-4-3-10(11(7-12)8-17)9-19-13(20)15(18-14(19)21)5-1-2-6-15/h3-4,7H,1-2,5-6,8-9,17H2,(H,18,21). The highest BCUT2D eigenvalue weighted by molar-refractivity contribution is 6.07. The lowest BCUT2D eigenvalue weighted by molar-refractivity contribution is -0.131. The van der Waals surface area contributed by atoms with Crippen molar-refractivity contribution in [2.75, 3.05) is 0 Å². The second-order valence-corrected chi connectivity index (χ2v) is 5.73. The normalized spacial score (nSPS) is 20.4. The summed E-state index contributed by atoms with van der Waals surface area (Å²) in [4.78, 5) is 25.9. The number of halogens is 1. The van der Waals surface area contributed by atoms with Gasteiger partial charge in [-0.2, -0.15) is 0 Å². The monoisotopic (exact) mass is 291 g/mol. The molecule has 112 valence electrons. The molecule has 0 atom stereocenters. The number of hydrogen-bond donors (Lipinski definition) is 2. The molecule has 0 bridgehead atoms. The van der Waals surface area contributed by atoms with Crippen molar-refractivity contribution in [3.8, 4) is 0 Å². The number of nitrogens with two attached hydrogens (primary N) is 1. The van der Waals surface area contributed by atoms with Crippen LogP contribution in [-0.4, -0.2) is 22.4 Å². The molecule has 21 heavy (non-hydrogen) atoms. The summed E-state index contributed by atoms with van der Waals surface area (Å²) in [7, 11) is 0.